The lowest BCUT2D eigenvalue weighted by molar-refractivity contribution is 0.397. The minimum atomic E-state index is -1.66. The highest BCUT2D eigenvalue weighted by Gasteiger charge is 2.42. The van der Waals surface area contributed by atoms with E-state index in [1.165, 1.54) is 37.7 Å². The highest BCUT2D eigenvalue weighted by atomic mass is 35.6. The number of hydrogen-bond donors (Lipinski definition) is 0. The first-order valence-electron chi connectivity index (χ1n) is 7.41. The Morgan fingerprint density at radius 2 is 1.50 bits per heavy atom. The highest BCUT2D eigenvalue weighted by Crippen LogP contribution is 2.53. The molecule has 0 aliphatic heterocycles. The Balaban J connectivity index is 2.37. The maximum atomic E-state index is 6.85. The van der Waals surface area contributed by atoms with Crippen LogP contribution in [0.15, 0.2) is 22.3 Å². The van der Waals surface area contributed by atoms with E-state index in [-0.39, 0.29) is 0 Å². The molecule has 0 radical (unpaired) electrons. The second kappa shape index (κ2) is 5.17. The van der Waals surface area contributed by atoms with Gasteiger partial charge in [-0.1, -0.05) is 43.5 Å². The van der Waals surface area contributed by atoms with Crippen molar-refractivity contribution >= 4 is 18.5 Å². The maximum Gasteiger partial charge on any atom is 0.161 e. The van der Waals surface area contributed by atoms with Gasteiger partial charge in [0.1, 0.15) is 0 Å². The van der Waals surface area contributed by atoms with Gasteiger partial charge in [-0.3, -0.25) is 0 Å². The largest absolute Gasteiger partial charge is 0.167 e. The monoisotopic (exact) mass is 282 g/mol. The third-order valence-electron chi connectivity index (χ3n) is 5.06. The van der Waals surface area contributed by atoms with Crippen LogP contribution in [0, 0.1) is 5.92 Å². The lowest BCUT2D eigenvalue weighted by atomic mass is 9.81. The molecule has 0 nitrogen and oxygen atoms in total. The van der Waals surface area contributed by atoms with E-state index in [0.717, 1.165) is 5.92 Å². The number of halogens is 1. The van der Waals surface area contributed by atoms with Crippen LogP contribution in [0.5, 0.6) is 0 Å². The van der Waals surface area contributed by atoms with Crippen LogP contribution in [0.25, 0.3) is 0 Å². The predicted molar refractivity (Wildman–Crippen MR) is 84.7 cm³/mol. The van der Waals surface area contributed by atoms with Crippen LogP contribution in [-0.4, -0.2) is 7.38 Å². The van der Waals surface area contributed by atoms with E-state index in [2.05, 4.69) is 33.9 Å². The van der Waals surface area contributed by atoms with Crippen molar-refractivity contribution in [2.45, 2.75) is 71.5 Å². The molecule has 102 valence electrons. The van der Waals surface area contributed by atoms with Crippen molar-refractivity contribution in [2.75, 3.05) is 0 Å². The first-order valence-corrected chi connectivity index (χ1v) is 11.5. The molecular formula is C16H27ClSi. The van der Waals surface area contributed by atoms with E-state index >= 15 is 0 Å². The SMILES string of the molecule is CC1=C(C)[C@@H]([Si](C)(C)Cl)C(C2CCCCC2)=C1C. The third kappa shape index (κ3) is 2.49. The summed E-state index contributed by atoms with van der Waals surface area (Å²) >= 11 is 6.85. The van der Waals surface area contributed by atoms with Crippen LogP contribution < -0.4 is 0 Å². The minimum Gasteiger partial charge on any atom is -0.167 e. The maximum absolute atomic E-state index is 6.85. The normalized spacial score (nSPS) is 27.3. The van der Waals surface area contributed by atoms with Gasteiger partial charge in [0.05, 0.1) is 0 Å². The molecule has 1 saturated carbocycles. The summed E-state index contributed by atoms with van der Waals surface area (Å²) in [6, 6.07) is 0. The van der Waals surface area contributed by atoms with E-state index in [9.17, 15) is 0 Å². The molecule has 0 saturated heterocycles. The van der Waals surface area contributed by atoms with Crippen molar-refractivity contribution in [1.29, 1.82) is 0 Å². The zero-order chi connectivity index (χ0) is 13.5. The molecule has 0 aromatic rings. The van der Waals surface area contributed by atoms with Crippen molar-refractivity contribution < 1.29 is 0 Å². The second-order valence-electron chi connectivity index (χ2n) is 6.72. The summed E-state index contributed by atoms with van der Waals surface area (Å²) in [5.74, 6) is 0.821. The van der Waals surface area contributed by atoms with Crippen molar-refractivity contribution in [3.63, 3.8) is 0 Å². The van der Waals surface area contributed by atoms with Gasteiger partial charge in [0.2, 0.25) is 0 Å². The summed E-state index contributed by atoms with van der Waals surface area (Å²) in [6.45, 7) is 11.6. The summed E-state index contributed by atoms with van der Waals surface area (Å²) in [7, 11) is -1.66. The molecule has 2 heteroatoms. The molecule has 2 aliphatic rings. The molecule has 0 aromatic carbocycles. The van der Waals surface area contributed by atoms with Gasteiger partial charge in [-0.05, 0) is 50.7 Å². The number of hydrogen-bond acceptors (Lipinski definition) is 0. The molecule has 0 bridgehead atoms. The van der Waals surface area contributed by atoms with Gasteiger partial charge in [0.15, 0.2) is 7.38 Å². The second-order valence-corrected chi connectivity index (χ2v) is 13.3. The zero-order valence-corrected chi connectivity index (χ0v) is 14.3. The van der Waals surface area contributed by atoms with E-state index in [0.29, 0.717) is 5.54 Å². The Hall–Kier alpha value is -0.0131. The minimum absolute atomic E-state index is 0.599. The average Bonchev–Trinajstić information content (AvgIpc) is 2.54. The molecule has 0 heterocycles. The van der Waals surface area contributed by atoms with E-state index < -0.39 is 7.38 Å². The Labute approximate surface area is 118 Å². The van der Waals surface area contributed by atoms with Gasteiger partial charge >= 0.3 is 0 Å². The first kappa shape index (κ1) is 14.4. The lowest BCUT2D eigenvalue weighted by Gasteiger charge is -2.34. The van der Waals surface area contributed by atoms with Crippen LogP contribution in [0.2, 0.25) is 18.6 Å². The van der Waals surface area contributed by atoms with E-state index in [1.807, 2.05) is 0 Å². The summed E-state index contributed by atoms with van der Waals surface area (Å²) < 4.78 is 0. The van der Waals surface area contributed by atoms with Gasteiger partial charge in [-0.2, -0.15) is 11.1 Å². The van der Waals surface area contributed by atoms with Crippen LogP contribution >= 0.6 is 11.1 Å². The summed E-state index contributed by atoms with van der Waals surface area (Å²) in [4.78, 5) is 0. The predicted octanol–water partition coefficient (Wildman–Crippen LogP) is 6.05. The molecular weight excluding hydrogens is 256 g/mol. The molecule has 0 spiro atoms. The topological polar surface area (TPSA) is 0 Å². The third-order valence-corrected chi connectivity index (χ3v) is 7.83. The van der Waals surface area contributed by atoms with Crippen molar-refractivity contribution in [2.24, 2.45) is 5.92 Å². The molecule has 0 amide bonds. The Morgan fingerprint density at radius 3 is 2.00 bits per heavy atom. The molecule has 2 aliphatic carbocycles. The van der Waals surface area contributed by atoms with Crippen LogP contribution in [0.1, 0.15) is 52.9 Å². The smallest absolute Gasteiger partial charge is 0.161 e. The van der Waals surface area contributed by atoms with E-state index in [4.69, 9.17) is 11.1 Å². The molecule has 18 heavy (non-hydrogen) atoms. The Bertz CT molecular complexity index is 392. The summed E-state index contributed by atoms with van der Waals surface area (Å²) in [6.07, 6.45) is 7.05. The lowest BCUT2D eigenvalue weighted by Crippen LogP contribution is -2.29. The molecule has 1 atom stereocenters. The highest BCUT2D eigenvalue weighted by molar-refractivity contribution is 7.20. The van der Waals surface area contributed by atoms with Gasteiger partial charge in [-0.25, -0.2) is 0 Å². The fourth-order valence-corrected chi connectivity index (χ4v) is 7.30. The summed E-state index contributed by atoms with van der Waals surface area (Å²) in [5.41, 5.74) is 7.01. The van der Waals surface area contributed by atoms with E-state index in [1.54, 1.807) is 16.7 Å². The average molecular weight is 283 g/mol. The quantitative estimate of drug-likeness (QED) is 0.427. The van der Waals surface area contributed by atoms with Crippen molar-refractivity contribution in [3.8, 4) is 0 Å². The number of rotatable bonds is 2. The molecule has 0 unspecified atom stereocenters. The first-order chi connectivity index (χ1) is 8.34. The molecule has 0 N–H and O–H groups in total. The van der Waals surface area contributed by atoms with Gasteiger partial charge in [0, 0.05) is 5.54 Å². The van der Waals surface area contributed by atoms with Crippen LogP contribution in [0.4, 0.5) is 0 Å². The zero-order valence-electron chi connectivity index (χ0n) is 12.6. The standard InChI is InChI=1S/C16H27ClSi/c1-11-12(2)15(14-9-7-6-8-10-14)16(13(11)3)18(4,5)17/h14,16H,6-10H2,1-5H3/t16-/m1/s1. The van der Waals surface area contributed by atoms with Crippen molar-refractivity contribution in [1.82, 2.24) is 0 Å². The van der Waals surface area contributed by atoms with Gasteiger partial charge in [0.25, 0.3) is 0 Å². The fourth-order valence-electron chi connectivity index (χ4n) is 4.02. The van der Waals surface area contributed by atoms with Crippen LogP contribution in [-0.2, 0) is 0 Å². The fraction of sp³-hybridized carbons (Fsp3) is 0.750. The van der Waals surface area contributed by atoms with Gasteiger partial charge < -0.3 is 0 Å². The Morgan fingerprint density at radius 1 is 0.944 bits per heavy atom. The number of allylic oxidation sites excluding steroid dienone is 4. The molecule has 1 fully saturated rings. The summed E-state index contributed by atoms with van der Waals surface area (Å²) in [5, 5.41) is 0. The van der Waals surface area contributed by atoms with Crippen LogP contribution in [0.3, 0.4) is 0 Å². The van der Waals surface area contributed by atoms with Crippen molar-refractivity contribution in [3.05, 3.63) is 22.3 Å². The Kier molecular flexibility index (Phi) is 4.13. The van der Waals surface area contributed by atoms with Gasteiger partial charge in [-0.15, -0.1) is 0 Å². The molecule has 2 rings (SSSR count). The molecule has 0 aromatic heterocycles.